The van der Waals surface area contributed by atoms with Gasteiger partial charge in [0.2, 0.25) is 5.78 Å². The molecular formula is C20H16NO3PS. The zero-order valence-corrected chi connectivity index (χ0v) is 15.5. The van der Waals surface area contributed by atoms with Crippen LogP contribution in [-0.2, 0) is 4.57 Å². The van der Waals surface area contributed by atoms with Gasteiger partial charge < -0.3 is 9.05 Å². The topological polar surface area (TPSA) is 47.9 Å². The zero-order valence-electron chi connectivity index (χ0n) is 13.8. The van der Waals surface area contributed by atoms with Gasteiger partial charge in [0.15, 0.2) is 0 Å². The largest absolute Gasteiger partial charge is 0.460 e. The molecule has 0 amide bonds. The first-order valence-electron chi connectivity index (χ1n) is 7.92. The van der Waals surface area contributed by atoms with E-state index in [1.165, 1.54) is 0 Å². The Morgan fingerprint density at radius 1 is 0.769 bits per heavy atom. The van der Waals surface area contributed by atoms with Gasteiger partial charge in [0.1, 0.15) is 11.5 Å². The van der Waals surface area contributed by atoms with E-state index >= 15 is 0 Å². The lowest BCUT2D eigenvalue weighted by atomic mass is 10.2. The minimum absolute atomic E-state index is 0.423. The molecule has 4 nitrogen and oxygen atoms in total. The molecule has 0 aliphatic heterocycles. The van der Waals surface area contributed by atoms with Crippen LogP contribution in [0.5, 0.6) is 11.5 Å². The quantitative estimate of drug-likeness (QED) is 0.280. The molecule has 0 heterocycles. The summed E-state index contributed by atoms with van der Waals surface area (Å²) in [5, 5.41) is 2.32. The number of isothiocyanates is 1. The van der Waals surface area contributed by atoms with Gasteiger partial charge in [0.05, 0.1) is 5.16 Å². The third-order valence-electron chi connectivity index (χ3n) is 3.52. The summed E-state index contributed by atoms with van der Waals surface area (Å²) in [7, 11) is -3.81. The van der Waals surface area contributed by atoms with Crippen LogP contribution in [-0.4, -0.2) is 5.16 Å². The molecule has 26 heavy (non-hydrogen) atoms. The van der Waals surface area contributed by atoms with E-state index < -0.39 is 13.4 Å². The van der Waals surface area contributed by atoms with E-state index in [9.17, 15) is 4.57 Å². The molecule has 0 N–H and O–H groups in total. The molecule has 0 saturated heterocycles. The van der Waals surface area contributed by atoms with Crippen molar-refractivity contribution in [3.63, 3.8) is 0 Å². The van der Waals surface area contributed by atoms with Crippen LogP contribution in [0.15, 0.2) is 96.0 Å². The molecule has 0 radical (unpaired) electrons. The predicted molar refractivity (Wildman–Crippen MR) is 106 cm³/mol. The number of nitrogens with zero attached hydrogens (tertiary/aromatic N) is 1. The Labute approximate surface area is 157 Å². The van der Waals surface area contributed by atoms with Gasteiger partial charge in [-0.05, 0) is 42.0 Å². The van der Waals surface area contributed by atoms with Crippen LogP contribution in [0.25, 0.3) is 0 Å². The third-order valence-corrected chi connectivity index (χ3v) is 5.57. The van der Waals surface area contributed by atoms with Gasteiger partial charge >= 0.3 is 7.60 Å². The van der Waals surface area contributed by atoms with Crippen molar-refractivity contribution >= 4 is 25.0 Å². The lowest BCUT2D eigenvalue weighted by molar-refractivity contribution is 0.373. The van der Waals surface area contributed by atoms with Crippen molar-refractivity contribution in [1.82, 2.24) is 0 Å². The standard InChI is InChI=1S/C20H16NO3PS/c22-25(23-18-12-6-2-7-13-18,24-19-14-8-3-9-15-19)20(21-16-26)17-10-4-1-5-11-17/h1-15,20H. The van der Waals surface area contributed by atoms with Gasteiger partial charge in [0.25, 0.3) is 0 Å². The highest BCUT2D eigenvalue weighted by Gasteiger charge is 2.40. The van der Waals surface area contributed by atoms with Crippen LogP contribution >= 0.6 is 19.8 Å². The number of rotatable bonds is 7. The van der Waals surface area contributed by atoms with E-state index in [-0.39, 0.29) is 0 Å². The summed E-state index contributed by atoms with van der Waals surface area (Å²) in [6.07, 6.45) is 0. The molecule has 0 aliphatic carbocycles. The first-order chi connectivity index (χ1) is 12.7. The zero-order chi connectivity index (χ0) is 18.2. The lowest BCUT2D eigenvalue weighted by Crippen LogP contribution is -2.09. The number of hydrogen-bond donors (Lipinski definition) is 0. The Balaban J connectivity index is 2.05. The second-order valence-corrected chi connectivity index (χ2v) is 7.47. The van der Waals surface area contributed by atoms with Gasteiger partial charge in [-0.2, -0.15) is 0 Å². The maximum atomic E-state index is 13.8. The maximum Gasteiger partial charge on any atom is 0.460 e. The molecule has 0 bridgehead atoms. The van der Waals surface area contributed by atoms with E-state index in [2.05, 4.69) is 10.2 Å². The number of thiocarbonyl (C=S) groups is 1. The fourth-order valence-electron chi connectivity index (χ4n) is 2.38. The Morgan fingerprint density at radius 3 is 1.62 bits per heavy atom. The third kappa shape index (κ3) is 4.47. The molecule has 130 valence electrons. The molecule has 1 atom stereocenters. The Bertz CT molecular complexity index is 884. The highest BCUT2D eigenvalue weighted by Crippen LogP contribution is 2.60. The van der Waals surface area contributed by atoms with Crippen LogP contribution in [0.3, 0.4) is 0 Å². The average molecular weight is 381 g/mol. The molecule has 1 unspecified atom stereocenters. The van der Waals surface area contributed by atoms with Gasteiger partial charge in [0, 0.05) is 0 Å². The average Bonchev–Trinajstić information content (AvgIpc) is 2.68. The summed E-state index contributed by atoms with van der Waals surface area (Å²) in [6, 6.07) is 26.8. The second-order valence-electron chi connectivity index (χ2n) is 5.35. The Kier molecular flexibility index (Phi) is 5.98. The highest BCUT2D eigenvalue weighted by atomic mass is 32.1. The Hall–Kier alpha value is -2.71. The molecule has 3 aromatic rings. The van der Waals surface area contributed by atoms with Crippen molar-refractivity contribution < 1.29 is 13.6 Å². The van der Waals surface area contributed by atoms with Crippen LogP contribution in [0.4, 0.5) is 0 Å². The van der Waals surface area contributed by atoms with Crippen LogP contribution in [0, 0.1) is 0 Å². The van der Waals surface area contributed by atoms with Crippen molar-refractivity contribution in [2.24, 2.45) is 4.99 Å². The maximum absolute atomic E-state index is 13.8. The molecule has 0 saturated carbocycles. The van der Waals surface area contributed by atoms with Crippen LogP contribution in [0.2, 0.25) is 0 Å². The number of para-hydroxylation sites is 2. The first kappa shape index (κ1) is 18.1. The van der Waals surface area contributed by atoms with E-state index in [0.717, 1.165) is 0 Å². The predicted octanol–water partition coefficient (Wildman–Crippen LogP) is 6.14. The van der Waals surface area contributed by atoms with Crippen molar-refractivity contribution in [3.05, 3.63) is 96.6 Å². The molecule has 0 aromatic heterocycles. The van der Waals surface area contributed by atoms with E-state index in [0.29, 0.717) is 17.1 Å². The van der Waals surface area contributed by atoms with Gasteiger partial charge in [-0.1, -0.05) is 66.7 Å². The van der Waals surface area contributed by atoms with E-state index in [1.54, 1.807) is 60.7 Å². The monoisotopic (exact) mass is 381 g/mol. The van der Waals surface area contributed by atoms with Crippen molar-refractivity contribution in [1.29, 1.82) is 0 Å². The summed E-state index contributed by atoms with van der Waals surface area (Å²) >= 11 is 4.78. The van der Waals surface area contributed by atoms with Gasteiger partial charge in [-0.15, -0.1) is 0 Å². The molecular weight excluding hydrogens is 365 g/mol. The highest BCUT2D eigenvalue weighted by molar-refractivity contribution is 7.78. The molecule has 0 spiro atoms. The fraction of sp³-hybridized carbons (Fsp3) is 0.0500. The normalized spacial score (nSPS) is 11.8. The Morgan fingerprint density at radius 2 is 1.19 bits per heavy atom. The number of aliphatic imine (C=N–C) groups is 1. The van der Waals surface area contributed by atoms with Gasteiger partial charge in [-0.25, -0.2) is 9.56 Å². The minimum Gasteiger partial charge on any atom is -0.414 e. The molecule has 0 fully saturated rings. The van der Waals surface area contributed by atoms with E-state index in [1.807, 2.05) is 30.3 Å². The SMILES string of the molecule is O=P(Oc1ccccc1)(Oc1ccccc1)C(N=C=S)c1ccccc1. The first-order valence-corrected chi connectivity index (χ1v) is 9.94. The van der Waals surface area contributed by atoms with Crippen LogP contribution < -0.4 is 9.05 Å². The number of hydrogen-bond acceptors (Lipinski definition) is 5. The molecule has 6 heteroatoms. The molecule has 3 rings (SSSR count). The van der Waals surface area contributed by atoms with E-state index in [4.69, 9.17) is 21.3 Å². The summed E-state index contributed by atoms with van der Waals surface area (Å²) in [5.41, 5.74) is 0.667. The lowest BCUT2D eigenvalue weighted by Gasteiger charge is -2.24. The van der Waals surface area contributed by atoms with Crippen molar-refractivity contribution in [3.8, 4) is 11.5 Å². The fourth-order valence-corrected chi connectivity index (χ4v) is 4.37. The smallest absolute Gasteiger partial charge is 0.414 e. The summed E-state index contributed by atoms with van der Waals surface area (Å²) in [6.45, 7) is 0. The molecule has 0 aliphatic rings. The van der Waals surface area contributed by atoms with Gasteiger partial charge in [-0.3, -0.25) is 0 Å². The van der Waals surface area contributed by atoms with Crippen molar-refractivity contribution in [2.45, 2.75) is 5.78 Å². The second kappa shape index (κ2) is 8.59. The summed E-state index contributed by atoms with van der Waals surface area (Å²) in [4.78, 5) is 4.11. The number of benzene rings is 3. The van der Waals surface area contributed by atoms with Crippen molar-refractivity contribution in [2.75, 3.05) is 0 Å². The molecule has 3 aromatic carbocycles. The summed E-state index contributed by atoms with van der Waals surface area (Å²) in [5.74, 6) is -0.0823. The minimum atomic E-state index is -3.81. The van der Waals surface area contributed by atoms with Crippen LogP contribution in [0.1, 0.15) is 11.3 Å². The summed E-state index contributed by atoms with van der Waals surface area (Å²) < 4.78 is 25.5.